The predicted molar refractivity (Wildman–Crippen MR) is 86.4 cm³/mol. The molecule has 3 N–H and O–H groups in total. The number of aryl methyl sites for hydroxylation is 1. The Labute approximate surface area is 131 Å². The van der Waals surface area contributed by atoms with Crippen molar-refractivity contribution in [2.24, 2.45) is 5.73 Å². The number of nitrogens with one attached hydrogen (secondary N) is 1. The van der Waals surface area contributed by atoms with Crippen LogP contribution < -0.4 is 11.1 Å². The highest BCUT2D eigenvalue weighted by Gasteiger charge is 2.24. The molecule has 2 aromatic rings. The number of primary amides is 1. The van der Waals surface area contributed by atoms with Gasteiger partial charge in [-0.25, -0.2) is 0 Å². The largest absolute Gasteiger partial charge is 0.365 e. The summed E-state index contributed by atoms with van der Waals surface area (Å²) in [6, 6.07) is 1.77. The molecule has 0 saturated carbocycles. The van der Waals surface area contributed by atoms with E-state index in [2.05, 4.69) is 5.32 Å². The van der Waals surface area contributed by atoms with Gasteiger partial charge in [-0.2, -0.15) is 11.3 Å². The minimum atomic E-state index is -0.449. The van der Waals surface area contributed by atoms with Gasteiger partial charge in [-0.05, 0) is 42.7 Å². The summed E-state index contributed by atoms with van der Waals surface area (Å²) in [6.07, 6.45) is 5.22. The van der Waals surface area contributed by atoms with E-state index in [1.165, 1.54) is 34.0 Å². The molecule has 0 unspecified atom stereocenters. The van der Waals surface area contributed by atoms with Crippen LogP contribution in [0.1, 0.15) is 50.4 Å². The van der Waals surface area contributed by atoms with Gasteiger partial charge in [0.05, 0.1) is 11.1 Å². The number of thiophene rings is 2. The summed E-state index contributed by atoms with van der Waals surface area (Å²) >= 11 is 2.97. The molecule has 0 aliphatic heterocycles. The summed E-state index contributed by atoms with van der Waals surface area (Å²) in [5.74, 6) is -0.634. The van der Waals surface area contributed by atoms with Crippen LogP contribution in [-0.4, -0.2) is 11.8 Å². The smallest absolute Gasteiger partial charge is 0.257 e. The monoisotopic (exact) mass is 320 g/mol. The number of amides is 2. The fourth-order valence-electron chi connectivity index (χ4n) is 2.66. The molecular weight excluding hydrogens is 304 g/mol. The van der Waals surface area contributed by atoms with Gasteiger partial charge in [-0.15, -0.1) is 11.3 Å². The molecule has 1 aliphatic rings. The van der Waals surface area contributed by atoms with Gasteiger partial charge in [0.15, 0.2) is 0 Å². The summed E-state index contributed by atoms with van der Waals surface area (Å²) in [5, 5.41) is 7.10. The van der Waals surface area contributed by atoms with Crippen molar-refractivity contribution >= 4 is 39.5 Å². The molecule has 0 fully saturated rings. The molecule has 0 aromatic carbocycles. The average molecular weight is 320 g/mol. The normalized spacial score (nSPS) is 14.3. The Balaban J connectivity index is 1.95. The van der Waals surface area contributed by atoms with Crippen LogP contribution in [0.4, 0.5) is 5.00 Å². The first-order chi connectivity index (χ1) is 10.2. The van der Waals surface area contributed by atoms with Crippen molar-refractivity contribution < 1.29 is 9.59 Å². The van der Waals surface area contributed by atoms with Crippen molar-refractivity contribution in [1.29, 1.82) is 0 Å². The van der Waals surface area contributed by atoms with Crippen LogP contribution in [0.3, 0.4) is 0 Å². The summed E-state index contributed by atoms with van der Waals surface area (Å²) in [4.78, 5) is 25.2. The first-order valence-electron chi connectivity index (χ1n) is 6.94. The molecule has 110 valence electrons. The van der Waals surface area contributed by atoms with E-state index in [4.69, 9.17) is 5.73 Å². The number of rotatable bonds is 3. The second-order valence-corrected chi connectivity index (χ2v) is 6.98. The van der Waals surface area contributed by atoms with Crippen LogP contribution >= 0.6 is 22.7 Å². The Bertz CT molecular complexity index is 674. The quantitative estimate of drug-likeness (QED) is 0.850. The number of anilines is 1. The third-order valence-electron chi connectivity index (χ3n) is 3.68. The van der Waals surface area contributed by atoms with Gasteiger partial charge < -0.3 is 11.1 Å². The van der Waals surface area contributed by atoms with Gasteiger partial charge in [0.25, 0.3) is 11.8 Å². The zero-order chi connectivity index (χ0) is 14.8. The lowest BCUT2D eigenvalue weighted by molar-refractivity contribution is 0.100. The molecule has 2 aromatic heterocycles. The predicted octanol–water partition coefficient (Wildman–Crippen LogP) is 3.43. The van der Waals surface area contributed by atoms with E-state index in [0.717, 1.165) is 31.2 Å². The van der Waals surface area contributed by atoms with Gasteiger partial charge in [0.1, 0.15) is 5.00 Å². The topological polar surface area (TPSA) is 72.2 Å². The van der Waals surface area contributed by atoms with Crippen LogP contribution in [0.2, 0.25) is 0 Å². The highest BCUT2D eigenvalue weighted by atomic mass is 32.1. The SMILES string of the molecule is NC(=O)c1c(NC(=O)c2ccsc2)sc2c1CCCCC2. The molecular formula is C15H16N2O2S2. The van der Waals surface area contributed by atoms with Crippen LogP contribution in [-0.2, 0) is 12.8 Å². The van der Waals surface area contributed by atoms with Crippen molar-refractivity contribution in [3.05, 3.63) is 38.4 Å². The molecule has 6 heteroatoms. The molecule has 0 atom stereocenters. The third kappa shape index (κ3) is 2.87. The van der Waals surface area contributed by atoms with Crippen molar-refractivity contribution in [2.75, 3.05) is 5.32 Å². The minimum absolute atomic E-state index is 0.185. The van der Waals surface area contributed by atoms with E-state index in [1.807, 2.05) is 5.38 Å². The van der Waals surface area contributed by atoms with Crippen LogP contribution in [0, 0.1) is 0 Å². The van der Waals surface area contributed by atoms with E-state index in [0.29, 0.717) is 16.1 Å². The van der Waals surface area contributed by atoms with E-state index < -0.39 is 5.91 Å². The molecule has 1 aliphatic carbocycles. The minimum Gasteiger partial charge on any atom is -0.365 e. The standard InChI is InChI=1S/C15H16N2O2S2/c16-13(18)12-10-4-2-1-3-5-11(10)21-15(12)17-14(19)9-6-7-20-8-9/h6-8H,1-5H2,(H2,16,18)(H,17,19). The van der Waals surface area contributed by atoms with Gasteiger partial charge in [0, 0.05) is 10.3 Å². The lowest BCUT2D eigenvalue weighted by Crippen LogP contribution is -2.17. The molecule has 2 amide bonds. The Morgan fingerprint density at radius 2 is 2.00 bits per heavy atom. The van der Waals surface area contributed by atoms with Gasteiger partial charge in [-0.1, -0.05) is 6.42 Å². The number of carbonyl (C=O) groups is 2. The average Bonchev–Trinajstić information content (AvgIpc) is 3.02. The van der Waals surface area contributed by atoms with Crippen molar-refractivity contribution in [1.82, 2.24) is 0 Å². The number of hydrogen-bond acceptors (Lipinski definition) is 4. The van der Waals surface area contributed by atoms with Gasteiger partial charge in [0.2, 0.25) is 0 Å². The maximum absolute atomic E-state index is 12.2. The first kappa shape index (κ1) is 14.3. The van der Waals surface area contributed by atoms with Crippen molar-refractivity contribution in [3.63, 3.8) is 0 Å². The molecule has 2 heterocycles. The number of carbonyl (C=O) groups excluding carboxylic acids is 2. The first-order valence-corrected chi connectivity index (χ1v) is 8.70. The number of fused-ring (bicyclic) bond motifs is 1. The molecule has 4 nitrogen and oxygen atoms in total. The lowest BCUT2D eigenvalue weighted by atomic mass is 10.1. The fourth-order valence-corrected chi connectivity index (χ4v) is 4.59. The van der Waals surface area contributed by atoms with Crippen molar-refractivity contribution in [3.8, 4) is 0 Å². The van der Waals surface area contributed by atoms with Crippen LogP contribution in [0.25, 0.3) is 0 Å². The summed E-state index contributed by atoms with van der Waals surface area (Å²) in [5.41, 5.74) is 7.72. The Morgan fingerprint density at radius 3 is 2.71 bits per heavy atom. The van der Waals surface area contributed by atoms with E-state index in [-0.39, 0.29) is 5.91 Å². The summed E-state index contributed by atoms with van der Waals surface area (Å²) in [7, 11) is 0. The van der Waals surface area contributed by atoms with E-state index >= 15 is 0 Å². The molecule has 0 bridgehead atoms. The highest BCUT2D eigenvalue weighted by molar-refractivity contribution is 7.17. The second kappa shape index (κ2) is 5.99. The zero-order valence-corrected chi connectivity index (χ0v) is 13.1. The van der Waals surface area contributed by atoms with E-state index in [1.54, 1.807) is 11.4 Å². The lowest BCUT2D eigenvalue weighted by Gasteiger charge is -2.05. The van der Waals surface area contributed by atoms with Crippen LogP contribution in [0.15, 0.2) is 16.8 Å². The molecule has 0 radical (unpaired) electrons. The third-order valence-corrected chi connectivity index (χ3v) is 5.57. The molecule has 0 saturated heterocycles. The molecule has 21 heavy (non-hydrogen) atoms. The van der Waals surface area contributed by atoms with E-state index in [9.17, 15) is 9.59 Å². The Hall–Kier alpha value is -1.66. The van der Waals surface area contributed by atoms with Crippen LogP contribution in [0.5, 0.6) is 0 Å². The van der Waals surface area contributed by atoms with Gasteiger partial charge in [-0.3, -0.25) is 9.59 Å². The highest BCUT2D eigenvalue weighted by Crippen LogP contribution is 2.37. The van der Waals surface area contributed by atoms with Crippen molar-refractivity contribution in [2.45, 2.75) is 32.1 Å². The fraction of sp³-hybridized carbons (Fsp3) is 0.333. The van der Waals surface area contributed by atoms with Gasteiger partial charge >= 0.3 is 0 Å². The Morgan fingerprint density at radius 1 is 1.19 bits per heavy atom. The molecule has 3 rings (SSSR count). The number of hydrogen-bond donors (Lipinski definition) is 2. The zero-order valence-electron chi connectivity index (χ0n) is 11.5. The summed E-state index contributed by atoms with van der Waals surface area (Å²) < 4.78 is 0. The second-order valence-electron chi connectivity index (χ2n) is 5.10. The maximum Gasteiger partial charge on any atom is 0.257 e. The Kier molecular flexibility index (Phi) is 4.07. The summed E-state index contributed by atoms with van der Waals surface area (Å²) in [6.45, 7) is 0. The maximum atomic E-state index is 12.2. The molecule has 0 spiro atoms. The number of nitrogens with two attached hydrogens (primary N) is 1.